The highest BCUT2D eigenvalue weighted by molar-refractivity contribution is 5.94. The smallest absolute Gasteiger partial charge is 0.251 e. The van der Waals surface area contributed by atoms with Crippen LogP contribution in [0, 0.1) is 11.8 Å². The molecule has 0 spiro atoms. The first kappa shape index (κ1) is 14.8. The molecule has 0 aliphatic carbocycles. The highest BCUT2D eigenvalue weighted by atomic mass is 16.2. The molecule has 106 valence electrons. The highest BCUT2D eigenvalue weighted by Gasteiger charge is 2.11. The Morgan fingerprint density at radius 3 is 2.67 bits per heavy atom. The predicted octanol–water partition coefficient (Wildman–Crippen LogP) is 2.52. The Morgan fingerprint density at radius 1 is 1.19 bits per heavy atom. The summed E-state index contributed by atoms with van der Waals surface area (Å²) in [6, 6.07) is 16.8. The standard InChI is InChI=1S/C18H17NO2/c1-14(16-9-3-2-4-10-16)19-18(21)17-11-5-7-15(13-17)8-6-12-20/h2-5,7,9-11,13-14,20H,12H2,1H3,(H,19,21). The molecular weight excluding hydrogens is 262 g/mol. The molecule has 2 rings (SSSR count). The summed E-state index contributed by atoms with van der Waals surface area (Å²) >= 11 is 0. The lowest BCUT2D eigenvalue weighted by Crippen LogP contribution is -2.26. The molecule has 1 unspecified atom stereocenters. The molecule has 1 amide bonds. The van der Waals surface area contributed by atoms with Gasteiger partial charge in [-0.2, -0.15) is 0 Å². The summed E-state index contributed by atoms with van der Waals surface area (Å²) in [5.41, 5.74) is 2.33. The zero-order chi connectivity index (χ0) is 15.1. The van der Waals surface area contributed by atoms with E-state index in [1.54, 1.807) is 24.3 Å². The first-order chi connectivity index (χ1) is 10.2. The van der Waals surface area contributed by atoms with Crippen molar-refractivity contribution in [2.24, 2.45) is 0 Å². The van der Waals surface area contributed by atoms with Crippen LogP contribution in [0.1, 0.15) is 34.5 Å². The minimum absolute atomic E-state index is 0.0640. The molecular formula is C18H17NO2. The van der Waals surface area contributed by atoms with Crippen LogP contribution in [-0.2, 0) is 0 Å². The molecule has 0 heterocycles. The van der Waals surface area contributed by atoms with Gasteiger partial charge in [-0.1, -0.05) is 48.2 Å². The van der Waals surface area contributed by atoms with Gasteiger partial charge in [0.25, 0.3) is 5.91 Å². The molecule has 0 aromatic heterocycles. The number of hydrogen-bond acceptors (Lipinski definition) is 2. The Morgan fingerprint density at radius 2 is 1.95 bits per heavy atom. The largest absolute Gasteiger partial charge is 0.384 e. The zero-order valence-corrected chi connectivity index (χ0v) is 11.8. The van der Waals surface area contributed by atoms with Crippen LogP contribution in [0.2, 0.25) is 0 Å². The van der Waals surface area contributed by atoms with Crippen molar-refractivity contribution in [2.45, 2.75) is 13.0 Å². The number of rotatable bonds is 3. The summed E-state index contributed by atoms with van der Waals surface area (Å²) in [6.07, 6.45) is 0. The van der Waals surface area contributed by atoms with E-state index >= 15 is 0 Å². The Bertz CT molecular complexity index is 668. The van der Waals surface area contributed by atoms with Crippen LogP contribution in [0.3, 0.4) is 0 Å². The summed E-state index contributed by atoms with van der Waals surface area (Å²) in [5.74, 6) is 5.23. The molecule has 2 aromatic carbocycles. The van der Waals surface area contributed by atoms with E-state index < -0.39 is 0 Å². The van der Waals surface area contributed by atoms with E-state index in [0.717, 1.165) is 5.56 Å². The fraction of sp³-hybridized carbons (Fsp3) is 0.167. The Balaban J connectivity index is 2.10. The molecule has 0 saturated heterocycles. The number of carbonyl (C=O) groups is 1. The monoisotopic (exact) mass is 279 g/mol. The van der Waals surface area contributed by atoms with Crippen LogP contribution in [0.4, 0.5) is 0 Å². The predicted molar refractivity (Wildman–Crippen MR) is 82.7 cm³/mol. The molecule has 0 aliphatic heterocycles. The minimum atomic E-state index is -0.193. The maximum absolute atomic E-state index is 12.2. The lowest BCUT2D eigenvalue weighted by atomic mass is 10.1. The first-order valence-corrected chi connectivity index (χ1v) is 6.76. The highest BCUT2D eigenvalue weighted by Crippen LogP contribution is 2.13. The van der Waals surface area contributed by atoms with Gasteiger partial charge in [-0.05, 0) is 30.7 Å². The van der Waals surface area contributed by atoms with Gasteiger partial charge in [0.1, 0.15) is 6.61 Å². The molecule has 3 nitrogen and oxygen atoms in total. The van der Waals surface area contributed by atoms with Crippen molar-refractivity contribution in [3.8, 4) is 11.8 Å². The van der Waals surface area contributed by atoms with Gasteiger partial charge in [0.05, 0.1) is 6.04 Å². The van der Waals surface area contributed by atoms with Crippen LogP contribution in [0.15, 0.2) is 54.6 Å². The van der Waals surface area contributed by atoms with Gasteiger partial charge in [0.15, 0.2) is 0 Å². The molecule has 0 saturated carbocycles. The summed E-state index contributed by atoms with van der Waals surface area (Å²) in [6.45, 7) is 1.75. The summed E-state index contributed by atoms with van der Waals surface area (Å²) in [7, 11) is 0. The number of amides is 1. The van der Waals surface area contributed by atoms with Crippen molar-refractivity contribution in [3.05, 3.63) is 71.3 Å². The van der Waals surface area contributed by atoms with Gasteiger partial charge in [-0.25, -0.2) is 0 Å². The van der Waals surface area contributed by atoms with E-state index in [1.807, 2.05) is 37.3 Å². The molecule has 2 aromatic rings. The van der Waals surface area contributed by atoms with E-state index in [9.17, 15) is 4.79 Å². The second-order valence-electron chi connectivity index (χ2n) is 4.65. The lowest BCUT2D eigenvalue weighted by Gasteiger charge is -2.14. The van der Waals surface area contributed by atoms with E-state index in [4.69, 9.17) is 5.11 Å². The topological polar surface area (TPSA) is 49.3 Å². The number of hydrogen-bond donors (Lipinski definition) is 2. The fourth-order valence-electron chi connectivity index (χ4n) is 1.98. The zero-order valence-electron chi connectivity index (χ0n) is 11.8. The second kappa shape index (κ2) is 7.28. The van der Waals surface area contributed by atoms with Gasteiger partial charge in [0.2, 0.25) is 0 Å². The number of nitrogens with one attached hydrogen (secondary N) is 1. The van der Waals surface area contributed by atoms with Gasteiger partial charge < -0.3 is 10.4 Å². The van der Waals surface area contributed by atoms with Gasteiger partial charge >= 0.3 is 0 Å². The van der Waals surface area contributed by atoms with E-state index in [1.165, 1.54) is 0 Å². The lowest BCUT2D eigenvalue weighted by molar-refractivity contribution is 0.0940. The van der Waals surface area contributed by atoms with Crippen molar-refractivity contribution in [3.63, 3.8) is 0 Å². The maximum Gasteiger partial charge on any atom is 0.251 e. The fourth-order valence-corrected chi connectivity index (χ4v) is 1.98. The third-order valence-corrected chi connectivity index (χ3v) is 3.08. The number of aliphatic hydroxyl groups excluding tert-OH is 1. The van der Waals surface area contributed by atoms with Crippen LogP contribution < -0.4 is 5.32 Å². The van der Waals surface area contributed by atoms with E-state index in [-0.39, 0.29) is 18.6 Å². The minimum Gasteiger partial charge on any atom is -0.384 e. The molecule has 1 atom stereocenters. The third kappa shape index (κ3) is 4.20. The molecule has 0 radical (unpaired) electrons. The number of carbonyl (C=O) groups excluding carboxylic acids is 1. The normalized spacial score (nSPS) is 11.1. The third-order valence-electron chi connectivity index (χ3n) is 3.08. The molecule has 2 N–H and O–H groups in total. The Hall–Kier alpha value is -2.57. The number of benzene rings is 2. The van der Waals surface area contributed by atoms with Crippen LogP contribution in [-0.4, -0.2) is 17.6 Å². The summed E-state index contributed by atoms with van der Waals surface area (Å²) < 4.78 is 0. The average Bonchev–Trinajstić information content (AvgIpc) is 2.54. The molecule has 21 heavy (non-hydrogen) atoms. The van der Waals surface area contributed by atoms with Gasteiger partial charge in [-0.15, -0.1) is 0 Å². The summed E-state index contributed by atoms with van der Waals surface area (Å²) in [5, 5.41) is 11.7. The van der Waals surface area contributed by atoms with E-state index in [0.29, 0.717) is 11.1 Å². The van der Waals surface area contributed by atoms with Crippen LogP contribution in [0.5, 0.6) is 0 Å². The molecule has 0 fully saturated rings. The maximum atomic E-state index is 12.2. The first-order valence-electron chi connectivity index (χ1n) is 6.76. The van der Waals surface area contributed by atoms with Crippen molar-refractivity contribution < 1.29 is 9.90 Å². The van der Waals surface area contributed by atoms with Crippen LogP contribution in [0.25, 0.3) is 0 Å². The van der Waals surface area contributed by atoms with Crippen molar-refractivity contribution in [2.75, 3.05) is 6.61 Å². The van der Waals surface area contributed by atoms with Gasteiger partial charge in [0, 0.05) is 11.1 Å². The Kier molecular flexibility index (Phi) is 5.14. The molecule has 0 aliphatic rings. The Labute approximate surface area is 124 Å². The van der Waals surface area contributed by atoms with E-state index in [2.05, 4.69) is 17.2 Å². The summed E-state index contributed by atoms with van der Waals surface area (Å²) in [4.78, 5) is 12.2. The molecule has 0 bridgehead atoms. The van der Waals surface area contributed by atoms with Gasteiger partial charge in [-0.3, -0.25) is 4.79 Å². The van der Waals surface area contributed by atoms with Crippen LogP contribution >= 0.6 is 0 Å². The SMILES string of the molecule is CC(NC(=O)c1cccc(C#CCO)c1)c1ccccc1. The second-order valence-corrected chi connectivity index (χ2v) is 4.65. The van der Waals surface area contributed by atoms with Crippen molar-refractivity contribution in [1.29, 1.82) is 0 Å². The number of aliphatic hydroxyl groups is 1. The molecule has 3 heteroatoms. The quantitative estimate of drug-likeness (QED) is 0.848. The van der Waals surface area contributed by atoms with Crippen molar-refractivity contribution >= 4 is 5.91 Å². The van der Waals surface area contributed by atoms with Crippen molar-refractivity contribution in [1.82, 2.24) is 5.32 Å². The average molecular weight is 279 g/mol.